The lowest BCUT2D eigenvalue weighted by molar-refractivity contribution is 0.299. The number of hydrogen-bond donors (Lipinski definition) is 1. The molecule has 1 aliphatic rings. The summed E-state index contributed by atoms with van der Waals surface area (Å²) in [5.41, 5.74) is 6.05. The van der Waals surface area contributed by atoms with Crippen molar-refractivity contribution < 1.29 is 9.50 Å². The minimum absolute atomic E-state index is 0.0559. The zero-order chi connectivity index (χ0) is 19.7. The number of aliphatic hydroxyl groups is 1. The maximum Gasteiger partial charge on any atom is 0.123 e. The molecule has 0 bridgehead atoms. The first-order valence-electron chi connectivity index (χ1n) is 9.80. The summed E-state index contributed by atoms with van der Waals surface area (Å²) < 4.78 is 13.5. The van der Waals surface area contributed by atoms with Crippen molar-refractivity contribution in [1.82, 2.24) is 9.88 Å². The molecule has 0 atom stereocenters. The highest BCUT2D eigenvalue weighted by Gasteiger charge is 2.18. The molecular formula is C23H26FN3O. The molecule has 28 heavy (non-hydrogen) atoms. The number of benzene rings is 2. The highest BCUT2D eigenvalue weighted by atomic mass is 19.1. The molecular weight excluding hydrogens is 353 g/mol. The Kier molecular flexibility index (Phi) is 5.29. The van der Waals surface area contributed by atoms with Crippen LogP contribution in [0.1, 0.15) is 11.3 Å². The number of piperazine rings is 1. The fourth-order valence-corrected chi connectivity index (χ4v) is 4.04. The number of hydrogen-bond acceptors (Lipinski definition) is 4. The van der Waals surface area contributed by atoms with Gasteiger partial charge in [-0.25, -0.2) is 4.39 Å². The number of anilines is 1. The number of fused-ring (bicyclic) bond motifs is 1. The summed E-state index contributed by atoms with van der Waals surface area (Å²) in [4.78, 5) is 9.53. The number of pyridine rings is 1. The van der Waals surface area contributed by atoms with E-state index < -0.39 is 0 Å². The summed E-state index contributed by atoms with van der Waals surface area (Å²) in [6, 6.07) is 13.0. The van der Waals surface area contributed by atoms with Crippen LogP contribution >= 0.6 is 0 Å². The van der Waals surface area contributed by atoms with Gasteiger partial charge in [0.05, 0.1) is 5.52 Å². The monoisotopic (exact) mass is 379 g/mol. The Morgan fingerprint density at radius 3 is 2.43 bits per heavy atom. The number of aliphatic hydroxyl groups excluding tert-OH is 1. The van der Waals surface area contributed by atoms with Crippen LogP contribution in [0.4, 0.5) is 10.1 Å². The molecule has 1 N–H and O–H groups in total. The third-order valence-electron chi connectivity index (χ3n) is 5.64. The molecule has 3 aromatic rings. The van der Waals surface area contributed by atoms with Gasteiger partial charge in [-0.05, 0) is 67.4 Å². The van der Waals surface area contributed by atoms with Gasteiger partial charge in [-0.15, -0.1) is 0 Å². The maximum absolute atomic E-state index is 13.5. The van der Waals surface area contributed by atoms with Crippen LogP contribution in [0.15, 0.2) is 42.5 Å². The SMILES string of the molecule is Cc1nc2ccc(N3CCN(C)CC3)cc2c(-c2ccc(F)cc2)c1CCO. The predicted molar refractivity (Wildman–Crippen MR) is 112 cm³/mol. The lowest BCUT2D eigenvalue weighted by atomic mass is 9.92. The van der Waals surface area contributed by atoms with Crippen LogP contribution in [0.5, 0.6) is 0 Å². The number of likely N-dealkylation sites (N-methyl/N-ethyl adjacent to an activating group) is 1. The second-order valence-corrected chi connectivity index (χ2v) is 7.52. The first kappa shape index (κ1) is 18.8. The van der Waals surface area contributed by atoms with Crippen molar-refractivity contribution in [3.8, 4) is 11.1 Å². The van der Waals surface area contributed by atoms with Crippen molar-refractivity contribution in [2.45, 2.75) is 13.3 Å². The first-order chi connectivity index (χ1) is 13.6. The topological polar surface area (TPSA) is 39.6 Å². The summed E-state index contributed by atoms with van der Waals surface area (Å²) in [6.45, 7) is 6.12. The van der Waals surface area contributed by atoms with Crippen LogP contribution in [-0.4, -0.2) is 54.8 Å². The molecule has 5 heteroatoms. The van der Waals surface area contributed by atoms with Crippen LogP contribution in [0.3, 0.4) is 0 Å². The maximum atomic E-state index is 13.5. The van der Waals surface area contributed by atoms with E-state index in [9.17, 15) is 9.50 Å². The fourth-order valence-electron chi connectivity index (χ4n) is 4.04. The van der Waals surface area contributed by atoms with Gasteiger partial charge in [0.2, 0.25) is 0 Å². The van der Waals surface area contributed by atoms with Gasteiger partial charge in [0.25, 0.3) is 0 Å². The van der Waals surface area contributed by atoms with Gasteiger partial charge in [0.1, 0.15) is 5.82 Å². The van der Waals surface area contributed by atoms with Crippen LogP contribution < -0.4 is 4.90 Å². The van der Waals surface area contributed by atoms with E-state index in [2.05, 4.69) is 35.0 Å². The number of halogens is 1. The van der Waals surface area contributed by atoms with Gasteiger partial charge in [0.15, 0.2) is 0 Å². The molecule has 0 amide bonds. The van der Waals surface area contributed by atoms with Gasteiger partial charge in [-0.3, -0.25) is 4.98 Å². The molecule has 1 aliphatic heterocycles. The molecule has 1 aromatic heterocycles. The van der Waals surface area contributed by atoms with Crippen LogP contribution in [0, 0.1) is 12.7 Å². The molecule has 2 heterocycles. The molecule has 0 aliphatic carbocycles. The zero-order valence-corrected chi connectivity index (χ0v) is 16.5. The summed E-state index contributed by atoms with van der Waals surface area (Å²) in [5, 5.41) is 10.7. The molecule has 146 valence electrons. The Morgan fingerprint density at radius 2 is 1.75 bits per heavy atom. The van der Waals surface area contributed by atoms with E-state index in [1.807, 2.05) is 19.1 Å². The van der Waals surface area contributed by atoms with Gasteiger partial charge in [0, 0.05) is 49.6 Å². The van der Waals surface area contributed by atoms with Crippen LogP contribution in [0.2, 0.25) is 0 Å². The van der Waals surface area contributed by atoms with Crippen molar-refractivity contribution in [3.63, 3.8) is 0 Å². The molecule has 1 saturated heterocycles. The van der Waals surface area contributed by atoms with E-state index in [4.69, 9.17) is 4.98 Å². The molecule has 0 spiro atoms. The van der Waals surface area contributed by atoms with Crippen LogP contribution in [-0.2, 0) is 6.42 Å². The molecule has 0 unspecified atom stereocenters. The molecule has 2 aromatic carbocycles. The number of nitrogens with zero attached hydrogens (tertiary/aromatic N) is 3. The average Bonchev–Trinajstić information content (AvgIpc) is 2.70. The summed E-state index contributed by atoms with van der Waals surface area (Å²) in [5.74, 6) is -0.249. The van der Waals surface area contributed by atoms with Gasteiger partial charge in [-0.2, -0.15) is 0 Å². The fraction of sp³-hybridized carbons (Fsp3) is 0.348. The van der Waals surface area contributed by atoms with Crippen molar-refractivity contribution in [2.75, 3.05) is 44.7 Å². The number of aromatic nitrogens is 1. The van der Waals surface area contributed by atoms with Crippen molar-refractivity contribution in [2.24, 2.45) is 0 Å². The van der Waals surface area contributed by atoms with E-state index in [1.165, 1.54) is 17.8 Å². The molecule has 0 saturated carbocycles. The second-order valence-electron chi connectivity index (χ2n) is 7.52. The lowest BCUT2D eigenvalue weighted by Crippen LogP contribution is -2.44. The highest BCUT2D eigenvalue weighted by Crippen LogP contribution is 2.35. The second kappa shape index (κ2) is 7.86. The first-order valence-corrected chi connectivity index (χ1v) is 9.80. The molecule has 1 fully saturated rings. The standard InChI is InChI=1S/C23H26FN3O/c1-16-20(9-14-28)23(17-3-5-18(24)6-4-17)21-15-19(7-8-22(21)25-16)27-12-10-26(2)11-13-27/h3-8,15,28H,9-14H2,1-2H3. The Labute approximate surface area is 165 Å². The number of rotatable bonds is 4. The summed E-state index contributed by atoms with van der Waals surface area (Å²) in [7, 11) is 2.15. The predicted octanol–water partition coefficient (Wildman–Crippen LogP) is 3.64. The molecule has 4 nitrogen and oxygen atoms in total. The Morgan fingerprint density at radius 1 is 1.04 bits per heavy atom. The van der Waals surface area contributed by atoms with E-state index in [0.29, 0.717) is 6.42 Å². The number of aryl methyl sites for hydroxylation is 1. The Bertz CT molecular complexity index is 979. The summed E-state index contributed by atoms with van der Waals surface area (Å²) in [6.07, 6.45) is 0.528. The Hall–Kier alpha value is -2.50. The van der Waals surface area contributed by atoms with E-state index >= 15 is 0 Å². The highest BCUT2D eigenvalue weighted by molar-refractivity contribution is 5.98. The van der Waals surface area contributed by atoms with Crippen molar-refractivity contribution in [1.29, 1.82) is 0 Å². The van der Waals surface area contributed by atoms with E-state index in [0.717, 1.165) is 59.5 Å². The van der Waals surface area contributed by atoms with E-state index in [-0.39, 0.29) is 12.4 Å². The zero-order valence-electron chi connectivity index (χ0n) is 16.5. The van der Waals surface area contributed by atoms with E-state index in [1.54, 1.807) is 0 Å². The minimum atomic E-state index is -0.249. The van der Waals surface area contributed by atoms with Crippen molar-refractivity contribution in [3.05, 3.63) is 59.5 Å². The normalized spacial score (nSPS) is 15.4. The average molecular weight is 379 g/mol. The third kappa shape index (κ3) is 3.60. The van der Waals surface area contributed by atoms with Gasteiger partial charge < -0.3 is 14.9 Å². The summed E-state index contributed by atoms with van der Waals surface area (Å²) >= 11 is 0. The lowest BCUT2D eigenvalue weighted by Gasteiger charge is -2.34. The van der Waals surface area contributed by atoms with Crippen LogP contribution in [0.25, 0.3) is 22.0 Å². The van der Waals surface area contributed by atoms with Gasteiger partial charge >= 0.3 is 0 Å². The van der Waals surface area contributed by atoms with Gasteiger partial charge in [-0.1, -0.05) is 12.1 Å². The minimum Gasteiger partial charge on any atom is -0.396 e. The molecule has 0 radical (unpaired) electrons. The Balaban J connectivity index is 1.89. The van der Waals surface area contributed by atoms with Crippen molar-refractivity contribution >= 4 is 16.6 Å². The third-order valence-corrected chi connectivity index (χ3v) is 5.64. The quantitative estimate of drug-likeness (QED) is 0.751. The smallest absolute Gasteiger partial charge is 0.123 e. The largest absolute Gasteiger partial charge is 0.396 e. The molecule has 4 rings (SSSR count).